The molecule has 0 bridgehead atoms. The minimum atomic E-state index is -0.629. The lowest BCUT2D eigenvalue weighted by molar-refractivity contribution is -0.125. The lowest BCUT2D eigenvalue weighted by Gasteiger charge is -2.12. The van der Waals surface area contributed by atoms with E-state index in [9.17, 15) is 14.4 Å². The van der Waals surface area contributed by atoms with Crippen molar-refractivity contribution < 1.29 is 14.4 Å². The summed E-state index contributed by atoms with van der Waals surface area (Å²) in [6, 6.07) is -0.629. The van der Waals surface area contributed by atoms with Crippen molar-refractivity contribution in [2.24, 2.45) is 0 Å². The van der Waals surface area contributed by atoms with Crippen LogP contribution in [-0.2, 0) is 9.59 Å². The van der Waals surface area contributed by atoms with Crippen molar-refractivity contribution >= 4 is 17.8 Å². The van der Waals surface area contributed by atoms with E-state index in [1.165, 1.54) is 12.2 Å². The number of urea groups is 1. The van der Waals surface area contributed by atoms with Crippen molar-refractivity contribution in [2.75, 3.05) is 6.54 Å². The molecule has 0 spiro atoms. The van der Waals surface area contributed by atoms with Gasteiger partial charge in [0, 0.05) is 13.0 Å². The minimum Gasteiger partial charge on any atom is -0.274 e. The van der Waals surface area contributed by atoms with E-state index in [0.29, 0.717) is 19.4 Å². The minimum absolute atomic E-state index is 0.226. The Labute approximate surface area is 81.8 Å². The van der Waals surface area contributed by atoms with Gasteiger partial charge >= 0.3 is 6.03 Å². The first kappa shape index (κ1) is 10.4. The van der Waals surface area contributed by atoms with Gasteiger partial charge in [-0.05, 0) is 19.4 Å². The van der Waals surface area contributed by atoms with Crippen LogP contribution in [0.2, 0.25) is 0 Å². The fraction of sp³-hybridized carbons (Fsp3) is 0.444. The van der Waals surface area contributed by atoms with Crippen molar-refractivity contribution in [1.29, 1.82) is 0 Å². The first-order valence-corrected chi connectivity index (χ1v) is 4.43. The molecule has 1 saturated heterocycles. The third-order valence-corrected chi connectivity index (χ3v) is 1.87. The maximum Gasteiger partial charge on any atom is 0.330 e. The molecule has 5 heteroatoms. The number of allylic oxidation sites excluding steroid dienone is 1. The van der Waals surface area contributed by atoms with Crippen molar-refractivity contribution in [2.45, 2.75) is 19.8 Å². The maximum absolute atomic E-state index is 11.3. The molecule has 1 N–H and O–H groups in total. The molecular weight excluding hydrogens is 184 g/mol. The lowest BCUT2D eigenvalue weighted by atomic mass is 10.4. The number of nitrogens with one attached hydrogen (secondary N) is 1. The summed E-state index contributed by atoms with van der Waals surface area (Å²) >= 11 is 0. The number of imide groups is 2. The van der Waals surface area contributed by atoms with E-state index < -0.39 is 11.9 Å². The summed E-state index contributed by atoms with van der Waals surface area (Å²) in [7, 11) is 0. The summed E-state index contributed by atoms with van der Waals surface area (Å²) in [6.07, 6.45) is 3.81. The normalized spacial score (nSPS) is 16.4. The van der Waals surface area contributed by atoms with Crippen LogP contribution in [0.1, 0.15) is 19.8 Å². The number of amides is 4. The molecule has 0 unspecified atom stereocenters. The van der Waals surface area contributed by atoms with Crippen LogP contribution in [-0.4, -0.2) is 29.3 Å². The molecular formula is C9H12N2O3. The van der Waals surface area contributed by atoms with Gasteiger partial charge in [-0.15, -0.1) is 0 Å². The Morgan fingerprint density at radius 1 is 1.50 bits per heavy atom. The van der Waals surface area contributed by atoms with Gasteiger partial charge in [0.25, 0.3) is 5.91 Å². The van der Waals surface area contributed by atoms with E-state index >= 15 is 0 Å². The summed E-state index contributed by atoms with van der Waals surface area (Å²) in [6.45, 7) is 2.07. The van der Waals surface area contributed by atoms with Crippen LogP contribution in [0.5, 0.6) is 0 Å². The Morgan fingerprint density at radius 2 is 2.21 bits per heavy atom. The summed E-state index contributed by atoms with van der Waals surface area (Å²) in [4.78, 5) is 34.4. The van der Waals surface area contributed by atoms with Gasteiger partial charge in [-0.3, -0.25) is 19.8 Å². The van der Waals surface area contributed by atoms with Gasteiger partial charge in [-0.2, -0.15) is 0 Å². The SMILES string of the molecule is C/C=C/C(=O)NC(=O)N1CCCC1=O. The fourth-order valence-corrected chi connectivity index (χ4v) is 1.23. The van der Waals surface area contributed by atoms with Crippen LogP contribution in [0.15, 0.2) is 12.2 Å². The number of likely N-dealkylation sites (tertiary alicyclic amines) is 1. The summed E-state index contributed by atoms with van der Waals surface area (Å²) in [5.74, 6) is -0.729. The van der Waals surface area contributed by atoms with E-state index in [2.05, 4.69) is 5.32 Å². The molecule has 1 rings (SSSR count). The zero-order valence-electron chi connectivity index (χ0n) is 7.95. The second-order valence-corrected chi connectivity index (χ2v) is 2.94. The average molecular weight is 196 g/mol. The average Bonchev–Trinajstić information content (AvgIpc) is 2.51. The Hall–Kier alpha value is -1.65. The van der Waals surface area contributed by atoms with Crippen molar-refractivity contribution in [3.8, 4) is 0 Å². The first-order valence-electron chi connectivity index (χ1n) is 4.43. The number of rotatable bonds is 1. The van der Waals surface area contributed by atoms with E-state index in [4.69, 9.17) is 0 Å². The molecule has 1 fully saturated rings. The van der Waals surface area contributed by atoms with Gasteiger partial charge in [-0.25, -0.2) is 4.79 Å². The first-order chi connectivity index (χ1) is 6.65. The second-order valence-electron chi connectivity index (χ2n) is 2.94. The van der Waals surface area contributed by atoms with Crippen LogP contribution >= 0.6 is 0 Å². The fourth-order valence-electron chi connectivity index (χ4n) is 1.23. The smallest absolute Gasteiger partial charge is 0.274 e. The monoisotopic (exact) mass is 196 g/mol. The third-order valence-electron chi connectivity index (χ3n) is 1.87. The highest BCUT2D eigenvalue weighted by Gasteiger charge is 2.26. The number of nitrogens with zero attached hydrogens (tertiary/aromatic N) is 1. The summed E-state index contributed by atoms with van der Waals surface area (Å²) in [5.41, 5.74) is 0. The molecule has 0 atom stereocenters. The van der Waals surface area contributed by atoms with Gasteiger partial charge in [0.15, 0.2) is 0 Å². The quantitative estimate of drug-likeness (QED) is 0.618. The molecule has 76 valence electrons. The molecule has 0 aliphatic carbocycles. The van der Waals surface area contributed by atoms with Gasteiger partial charge in [0.2, 0.25) is 5.91 Å². The number of carbonyl (C=O) groups excluding carboxylic acids is 3. The van der Waals surface area contributed by atoms with Crippen LogP contribution in [0.25, 0.3) is 0 Å². The molecule has 0 aromatic heterocycles. The van der Waals surface area contributed by atoms with Crippen LogP contribution in [0, 0.1) is 0 Å². The van der Waals surface area contributed by atoms with Crippen molar-refractivity contribution in [3.05, 3.63) is 12.2 Å². The highest BCUT2D eigenvalue weighted by Crippen LogP contribution is 2.08. The topological polar surface area (TPSA) is 66.5 Å². The largest absolute Gasteiger partial charge is 0.330 e. The van der Waals surface area contributed by atoms with E-state index in [1.807, 2.05) is 0 Å². The lowest BCUT2D eigenvalue weighted by Crippen LogP contribution is -2.42. The molecule has 0 saturated carbocycles. The summed E-state index contributed by atoms with van der Waals surface area (Å²) in [5, 5.41) is 2.09. The molecule has 1 heterocycles. The van der Waals surface area contributed by atoms with Gasteiger partial charge in [0.05, 0.1) is 0 Å². The zero-order chi connectivity index (χ0) is 10.6. The van der Waals surface area contributed by atoms with Crippen molar-refractivity contribution in [3.63, 3.8) is 0 Å². The highest BCUT2D eigenvalue weighted by molar-refractivity contribution is 6.05. The van der Waals surface area contributed by atoms with E-state index in [0.717, 1.165) is 4.90 Å². The molecule has 1 aliphatic heterocycles. The van der Waals surface area contributed by atoms with Gasteiger partial charge in [-0.1, -0.05) is 6.08 Å². The van der Waals surface area contributed by atoms with Gasteiger partial charge in [0.1, 0.15) is 0 Å². The third kappa shape index (κ3) is 2.42. The molecule has 1 aliphatic rings. The van der Waals surface area contributed by atoms with E-state index in [1.54, 1.807) is 6.92 Å². The molecule has 0 aromatic rings. The Kier molecular flexibility index (Phi) is 3.39. The van der Waals surface area contributed by atoms with Crippen LogP contribution in [0.4, 0.5) is 4.79 Å². The molecule has 14 heavy (non-hydrogen) atoms. The van der Waals surface area contributed by atoms with Crippen LogP contribution in [0.3, 0.4) is 0 Å². The standard InChI is InChI=1S/C9H12N2O3/c1-2-4-7(12)10-9(14)11-6-3-5-8(11)13/h2,4H,3,5-6H2,1H3,(H,10,12,14)/b4-2+. The maximum atomic E-state index is 11.3. The number of carbonyl (C=O) groups is 3. The van der Waals surface area contributed by atoms with Crippen molar-refractivity contribution in [1.82, 2.24) is 10.2 Å². The molecule has 0 radical (unpaired) electrons. The van der Waals surface area contributed by atoms with Crippen LogP contribution < -0.4 is 5.32 Å². The molecule has 0 aromatic carbocycles. The Bertz CT molecular complexity index is 296. The van der Waals surface area contributed by atoms with E-state index in [-0.39, 0.29) is 5.91 Å². The predicted octanol–water partition coefficient (Wildman–Crippen LogP) is 0.421. The number of hydrogen-bond donors (Lipinski definition) is 1. The summed E-state index contributed by atoms with van der Waals surface area (Å²) < 4.78 is 0. The Morgan fingerprint density at radius 3 is 2.71 bits per heavy atom. The second kappa shape index (κ2) is 4.55. The molecule has 5 nitrogen and oxygen atoms in total. The predicted molar refractivity (Wildman–Crippen MR) is 49.3 cm³/mol. The van der Waals surface area contributed by atoms with Gasteiger partial charge < -0.3 is 0 Å². The molecule has 4 amide bonds. The Balaban J connectivity index is 2.49. The number of hydrogen-bond acceptors (Lipinski definition) is 3. The zero-order valence-corrected chi connectivity index (χ0v) is 7.95. The highest BCUT2D eigenvalue weighted by atomic mass is 16.2.